The van der Waals surface area contributed by atoms with Crippen molar-refractivity contribution in [3.63, 3.8) is 0 Å². The molecule has 1 saturated heterocycles. The maximum atomic E-state index is 13.5. The Morgan fingerprint density at radius 2 is 1.71 bits per heavy atom. The first-order valence-corrected chi connectivity index (χ1v) is 13.4. The van der Waals surface area contributed by atoms with Crippen molar-refractivity contribution in [3.05, 3.63) is 73.7 Å². The second kappa shape index (κ2) is 9.28. The molecule has 3 aromatic rings. The van der Waals surface area contributed by atoms with Gasteiger partial charge in [0.2, 0.25) is 17.7 Å². The highest BCUT2D eigenvalue weighted by atomic mass is 35.5. The van der Waals surface area contributed by atoms with Crippen LogP contribution in [0.4, 0.5) is 24.5 Å². The van der Waals surface area contributed by atoms with Gasteiger partial charge in [0, 0.05) is 15.3 Å². The summed E-state index contributed by atoms with van der Waals surface area (Å²) in [4.78, 5) is 53.7. The van der Waals surface area contributed by atoms with Crippen molar-refractivity contribution in [1.29, 1.82) is 0 Å². The summed E-state index contributed by atoms with van der Waals surface area (Å²) in [6.45, 7) is 2.97. The summed E-state index contributed by atoms with van der Waals surface area (Å²) in [6, 6.07) is 10.8. The smallest absolute Gasteiger partial charge is 0.324 e. The van der Waals surface area contributed by atoms with Crippen LogP contribution in [0.15, 0.2) is 58.4 Å². The SMILES string of the molecule is CC1(C)c2sc(=O)n(CC(=O)Nc3ccccc3C(F)(F)F)c2S[C@@H]2C(=O)N(c3ccc(Cl)cc3)C(=O)[C@@H]21. The number of thiazole rings is 1. The zero-order chi connectivity index (χ0) is 27.6. The Bertz CT molecular complexity index is 1530. The predicted molar refractivity (Wildman–Crippen MR) is 139 cm³/mol. The van der Waals surface area contributed by atoms with Crippen LogP contribution in [0, 0.1) is 5.92 Å². The monoisotopic (exact) mass is 581 g/mol. The largest absolute Gasteiger partial charge is 0.418 e. The molecule has 3 amide bonds. The number of benzene rings is 2. The Labute approximate surface area is 227 Å². The van der Waals surface area contributed by atoms with Crippen molar-refractivity contribution in [1.82, 2.24) is 4.57 Å². The van der Waals surface area contributed by atoms with E-state index in [2.05, 4.69) is 5.32 Å². The Hall–Kier alpha value is -3.09. The highest BCUT2D eigenvalue weighted by molar-refractivity contribution is 8.00. The van der Waals surface area contributed by atoms with E-state index in [0.29, 0.717) is 20.6 Å². The lowest BCUT2D eigenvalue weighted by Crippen LogP contribution is -2.42. The maximum absolute atomic E-state index is 13.5. The highest BCUT2D eigenvalue weighted by Gasteiger charge is 2.59. The molecule has 5 rings (SSSR count). The van der Waals surface area contributed by atoms with Gasteiger partial charge >= 0.3 is 11.0 Å². The first-order chi connectivity index (χ1) is 17.8. The molecule has 2 aliphatic heterocycles. The molecular formula is C25H19ClF3N3O4S2. The van der Waals surface area contributed by atoms with E-state index in [4.69, 9.17) is 11.6 Å². The van der Waals surface area contributed by atoms with Crippen LogP contribution in [0.3, 0.4) is 0 Å². The zero-order valence-electron chi connectivity index (χ0n) is 19.8. The number of para-hydroxylation sites is 1. The van der Waals surface area contributed by atoms with Gasteiger partial charge in [0.15, 0.2) is 0 Å². The number of carbonyl (C=O) groups is 3. The van der Waals surface area contributed by atoms with Crippen LogP contribution < -0.4 is 15.1 Å². The number of amides is 3. The van der Waals surface area contributed by atoms with E-state index >= 15 is 0 Å². The van der Waals surface area contributed by atoms with Gasteiger partial charge in [-0.15, -0.1) is 0 Å². The second-order valence-corrected chi connectivity index (χ2v) is 11.9. The number of halogens is 4. The van der Waals surface area contributed by atoms with Crippen LogP contribution in [0.2, 0.25) is 5.02 Å². The third-order valence-electron chi connectivity index (χ3n) is 6.60. The molecule has 3 heterocycles. The summed E-state index contributed by atoms with van der Waals surface area (Å²) in [5.41, 5.74) is -1.99. The number of rotatable bonds is 4. The normalized spacial score (nSPS) is 20.3. The minimum absolute atomic E-state index is 0.351. The lowest BCUT2D eigenvalue weighted by molar-refractivity contribution is -0.137. The Morgan fingerprint density at radius 3 is 2.37 bits per heavy atom. The van der Waals surface area contributed by atoms with Gasteiger partial charge in [-0.05, 0) is 36.4 Å². The van der Waals surface area contributed by atoms with E-state index in [1.807, 2.05) is 0 Å². The van der Waals surface area contributed by atoms with Crippen molar-refractivity contribution >= 4 is 63.8 Å². The van der Waals surface area contributed by atoms with E-state index in [1.54, 1.807) is 38.1 Å². The summed E-state index contributed by atoms with van der Waals surface area (Å²) >= 11 is 7.83. The molecule has 2 atom stereocenters. The molecule has 38 heavy (non-hydrogen) atoms. The summed E-state index contributed by atoms with van der Waals surface area (Å²) in [5, 5.41) is 2.19. The molecule has 13 heteroatoms. The van der Waals surface area contributed by atoms with Crippen molar-refractivity contribution in [2.75, 3.05) is 10.2 Å². The number of carbonyl (C=O) groups excluding carboxylic acids is 3. The minimum Gasteiger partial charge on any atom is -0.324 e. The van der Waals surface area contributed by atoms with Gasteiger partial charge in [0.1, 0.15) is 11.8 Å². The lowest BCUT2D eigenvalue weighted by Gasteiger charge is -2.36. The van der Waals surface area contributed by atoms with E-state index < -0.39 is 63.1 Å². The van der Waals surface area contributed by atoms with Crippen LogP contribution in [0.5, 0.6) is 0 Å². The molecule has 2 aromatic carbocycles. The molecule has 0 aliphatic carbocycles. The topological polar surface area (TPSA) is 88.5 Å². The number of alkyl halides is 3. The Kier molecular flexibility index (Phi) is 6.48. The van der Waals surface area contributed by atoms with Crippen molar-refractivity contribution in [2.45, 2.75) is 42.3 Å². The van der Waals surface area contributed by atoms with E-state index in [1.165, 1.54) is 12.1 Å². The van der Waals surface area contributed by atoms with Crippen LogP contribution >= 0.6 is 34.7 Å². The number of thioether (sulfide) groups is 1. The molecule has 7 nitrogen and oxygen atoms in total. The third kappa shape index (κ3) is 4.34. The Morgan fingerprint density at radius 1 is 1.05 bits per heavy atom. The summed E-state index contributed by atoms with van der Waals surface area (Å²) < 4.78 is 41.2. The van der Waals surface area contributed by atoms with E-state index in [9.17, 15) is 32.3 Å². The summed E-state index contributed by atoms with van der Waals surface area (Å²) in [7, 11) is 0. The second-order valence-electron chi connectivity index (χ2n) is 9.41. The van der Waals surface area contributed by atoms with Gasteiger partial charge < -0.3 is 5.32 Å². The third-order valence-corrected chi connectivity index (χ3v) is 9.67. The number of nitrogens with one attached hydrogen (secondary N) is 1. The van der Waals surface area contributed by atoms with Crippen LogP contribution in [0.25, 0.3) is 0 Å². The average molecular weight is 582 g/mol. The number of hydrogen-bond acceptors (Lipinski definition) is 6. The molecule has 0 saturated carbocycles. The van der Waals surface area contributed by atoms with Crippen molar-refractivity contribution in [3.8, 4) is 0 Å². The Balaban J connectivity index is 1.46. The number of fused-ring (bicyclic) bond motifs is 2. The number of anilines is 2. The molecule has 1 aromatic heterocycles. The molecule has 0 spiro atoms. The molecule has 0 bridgehead atoms. The number of imide groups is 1. The van der Waals surface area contributed by atoms with Gasteiger partial charge in [-0.25, -0.2) is 4.90 Å². The standard InChI is InChI=1S/C25H19ClF3N3O4S2/c1-24(2)17-18(21(35)32(20(17)34)13-9-7-12(26)8-10-13)37-22-19(24)38-23(36)31(22)11-16(33)30-15-6-4-3-5-14(15)25(27,28)29/h3-10,17-18H,11H2,1-2H3,(H,30,33)/t17-,18+/m1/s1. The molecule has 0 unspecified atom stereocenters. The minimum atomic E-state index is -4.68. The number of aromatic nitrogens is 1. The van der Waals surface area contributed by atoms with E-state index in [-0.39, 0.29) is 0 Å². The molecule has 198 valence electrons. The van der Waals surface area contributed by atoms with Gasteiger partial charge in [-0.2, -0.15) is 13.2 Å². The van der Waals surface area contributed by atoms with Gasteiger partial charge in [0.05, 0.1) is 27.9 Å². The highest BCUT2D eigenvalue weighted by Crippen LogP contribution is 2.54. The van der Waals surface area contributed by atoms with Crippen molar-refractivity contribution < 1.29 is 27.6 Å². The van der Waals surface area contributed by atoms with Gasteiger partial charge in [-0.1, -0.05) is 60.7 Å². The fraction of sp³-hybridized carbons (Fsp3) is 0.280. The first kappa shape index (κ1) is 26.5. The van der Waals surface area contributed by atoms with Crippen LogP contribution in [-0.4, -0.2) is 27.5 Å². The zero-order valence-corrected chi connectivity index (χ0v) is 22.2. The average Bonchev–Trinajstić information content (AvgIpc) is 3.28. The number of nitrogens with zero attached hydrogens (tertiary/aromatic N) is 2. The summed E-state index contributed by atoms with van der Waals surface area (Å²) in [5.74, 6) is -2.46. The van der Waals surface area contributed by atoms with Crippen LogP contribution in [-0.2, 0) is 32.5 Å². The molecular weight excluding hydrogens is 563 g/mol. The fourth-order valence-corrected chi connectivity index (χ4v) is 7.95. The van der Waals surface area contributed by atoms with Gasteiger partial charge in [-0.3, -0.25) is 23.7 Å². The maximum Gasteiger partial charge on any atom is 0.418 e. The molecule has 1 N–H and O–H groups in total. The predicted octanol–water partition coefficient (Wildman–Crippen LogP) is 5.16. The van der Waals surface area contributed by atoms with Crippen molar-refractivity contribution in [2.24, 2.45) is 5.92 Å². The van der Waals surface area contributed by atoms with Crippen LogP contribution in [0.1, 0.15) is 24.3 Å². The lowest BCUT2D eigenvalue weighted by atomic mass is 9.76. The van der Waals surface area contributed by atoms with Gasteiger partial charge in [0.25, 0.3) is 0 Å². The number of hydrogen-bond donors (Lipinski definition) is 1. The fourth-order valence-electron chi connectivity index (χ4n) is 4.78. The molecule has 0 radical (unpaired) electrons. The quantitative estimate of drug-likeness (QED) is 0.430. The molecule has 2 aliphatic rings. The van der Waals surface area contributed by atoms with E-state index in [0.717, 1.165) is 44.7 Å². The first-order valence-electron chi connectivity index (χ1n) is 11.3. The molecule has 1 fully saturated rings. The summed E-state index contributed by atoms with van der Waals surface area (Å²) in [6.07, 6.45) is -4.68.